The van der Waals surface area contributed by atoms with Gasteiger partial charge in [0.15, 0.2) is 5.96 Å². The molecule has 0 amide bonds. The lowest BCUT2D eigenvalue weighted by atomic mass is 10.1. The van der Waals surface area contributed by atoms with Crippen LogP contribution >= 0.6 is 24.0 Å². The number of pyridine rings is 1. The maximum Gasteiger partial charge on any atom is 0.188 e. The molecule has 2 atom stereocenters. The Bertz CT molecular complexity index is 601. The smallest absolute Gasteiger partial charge is 0.188 e. The molecule has 1 aromatic carbocycles. The van der Waals surface area contributed by atoms with E-state index in [4.69, 9.17) is 5.73 Å². The molecule has 1 aliphatic carbocycles. The third kappa shape index (κ3) is 4.69. The summed E-state index contributed by atoms with van der Waals surface area (Å²) in [5, 5.41) is 3.30. The number of nitrogens with zero attached hydrogens (tertiary/aromatic N) is 2. The summed E-state index contributed by atoms with van der Waals surface area (Å²) >= 11 is 0. The summed E-state index contributed by atoms with van der Waals surface area (Å²) in [6.07, 6.45) is 3.74. The Kier molecular flexibility index (Phi) is 6.18. The Balaban J connectivity index is 0.00000176. The van der Waals surface area contributed by atoms with Gasteiger partial charge in [-0.15, -0.1) is 24.0 Å². The minimum atomic E-state index is 0. The van der Waals surface area contributed by atoms with Crippen molar-refractivity contribution >= 4 is 29.9 Å². The predicted molar refractivity (Wildman–Crippen MR) is 101 cm³/mol. The molecule has 22 heavy (non-hydrogen) atoms. The molecule has 2 aromatic rings. The second kappa shape index (κ2) is 8.12. The van der Waals surface area contributed by atoms with Crippen molar-refractivity contribution in [3.63, 3.8) is 0 Å². The van der Waals surface area contributed by atoms with Crippen LogP contribution in [0.5, 0.6) is 0 Å². The van der Waals surface area contributed by atoms with Gasteiger partial charge < -0.3 is 11.1 Å². The van der Waals surface area contributed by atoms with Crippen molar-refractivity contribution < 1.29 is 0 Å². The first-order valence-corrected chi connectivity index (χ1v) is 7.34. The summed E-state index contributed by atoms with van der Waals surface area (Å²) in [5.41, 5.74) is 8.35. The van der Waals surface area contributed by atoms with Gasteiger partial charge in [0.1, 0.15) is 0 Å². The number of rotatable bonds is 5. The van der Waals surface area contributed by atoms with Crippen LogP contribution in [-0.4, -0.2) is 23.5 Å². The molecule has 0 bridgehead atoms. The fraction of sp³-hybridized carbons (Fsp3) is 0.294. The van der Waals surface area contributed by atoms with Crippen molar-refractivity contribution in [3.05, 3.63) is 66.0 Å². The number of guanidine groups is 1. The van der Waals surface area contributed by atoms with Crippen molar-refractivity contribution in [2.45, 2.75) is 24.8 Å². The van der Waals surface area contributed by atoms with E-state index in [2.05, 4.69) is 39.6 Å². The molecule has 1 fully saturated rings. The zero-order valence-corrected chi connectivity index (χ0v) is 14.7. The molecule has 116 valence electrons. The van der Waals surface area contributed by atoms with Gasteiger partial charge in [-0.3, -0.25) is 9.98 Å². The Morgan fingerprint density at radius 1 is 1.18 bits per heavy atom. The van der Waals surface area contributed by atoms with Crippen molar-refractivity contribution in [2.24, 2.45) is 10.7 Å². The number of aliphatic imine (C=N–C) groups is 1. The van der Waals surface area contributed by atoms with E-state index >= 15 is 0 Å². The van der Waals surface area contributed by atoms with Crippen LogP contribution in [0.1, 0.15) is 23.6 Å². The van der Waals surface area contributed by atoms with Crippen LogP contribution in [0, 0.1) is 0 Å². The molecule has 1 aliphatic rings. The Hall–Kier alpha value is -1.63. The molecular weight excluding hydrogens is 387 g/mol. The van der Waals surface area contributed by atoms with E-state index in [-0.39, 0.29) is 24.0 Å². The van der Waals surface area contributed by atoms with Gasteiger partial charge >= 0.3 is 0 Å². The zero-order valence-electron chi connectivity index (χ0n) is 12.4. The summed E-state index contributed by atoms with van der Waals surface area (Å²) in [7, 11) is 0. The lowest BCUT2D eigenvalue weighted by Gasteiger charge is -2.05. The SMILES string of the molecule is I.NC(=NCCc1ccccn1)NC1CC1c1ccccc1. The lowest BCUT2D eigenvalue weighted by Crippen LogP contribution is -2.34. The summed E-state index contributed by atoms with van der Waals surface area (Å²) in [6.45, 7) is 0.665. The predicted octanol–water partition coefficient (Wildman–Crippen LogP) is 2.70. The van der Waals surface area contributed by atoms with Crippen molar-refractivity contribution in [1.82, 2.24) is 10.3 Å². The van der Waals surface area contributed by atoms with E-state index in [0.717, 1.165) is 18.5 Å². The molecule has 1 saturated carbocycles. The summed E-state index contributed by atoms with van der Waals surface area (Å²) in [4.78, 5) is 8.64. The molecule has 0 aliphatic heterocycles. The molecule has 4 nitrogen and oxygen atoms in total. The number of halogens is 1. The van der Waals surface area contributed by atoms with Gasteiger partial charge in [0, 0.05) is 36.8 Å². The third-order valence-electron chi connectivity index (χ3n) is 3.73. The van der Waals surface area contributed by atoms with Gasteiger partial charge in [0.2, 0.25) is 0 Å². The van der Waals surface area contributed by atoms with E-state index in [1.807, 2.05) is 24.3 Å². The molecule has 3 rings (SSSR count). The molecule has 1 heterocycles. The van der Waals surface area contributed by atoms with Crippen LogP contribution in [0.3, 0.4) is 0 Å². The van der Waals surface area contributed by atoms with Gasteiger partial charge in [-0.25, -0.2) is 0 Å². The van der Waals surface area contributed by atoms with E-state index < -0.39 is 0 Å². The van der Waals surface area contributed by atoms with Crippen LogP contribution in [0.25, 0.3) is 0 Å². The van der Waals surface area contributed by atoms with Crippen LogP contribution in [-0.2, 0) is 6.42 Å². The largest absolute Gasteiger partial charge is 0.370 e. The fourth-order valence-corrected chi connectivity index (χ4v) is 2.50. The standard InChI is InChI=1S/C17H20N4.HI/c18-17(20-11-9-14-8-4-5-10-19-14)21-16-12-15(16)13-6-2-1-3-7-13;/h1-8,10,15-16H,9,11-12H2,(H3,18,20,21);1H. The number of nitrogens with one attached hydrogen (secondary N) is 1. The van der Waals surface area contributed by atoms with Gasteiger partial charge in [-0.1, -0.05) is 36.4 Å². The van der Waals surface area contributed by atoms with E-state index in [9.17, 15) is 0 Å². The monoisotopic (exact) mass is 408 g/mol. The molecule has 0 radical (unpaired) electrons. The van der Waals surface area contributed by atoms with Crippen LogP contribution in [0.2, 0.25) is 0 Å². The topological polar surface area (TPSA) is 63.3 Å². The van der Waals surface area contributed by atoms with E-state index in [1.54, 1.807) is 6.20 Å². The molecule has 0 spiro atoms. The van der Waals surface area contributed by atoms with Gasteiger partial charge in [0.25, 0.3) is 0 Å². The number of aromatic nitrogens is 1. The number of nitrogens with two attached hydrogens (primary N) is 1. The summed E-state index contributed by atoms with van der Waals surface area (Å²) in [6, 6.07) is 16.9. The third-order valence-corrected chi connectivity index (χ3v) is 3.73. The lowest BCUT2D eigenvalue weighted by molar-refractivity contribution is 0.838. The molecule has 0 saturated heterocycles. The summed E-state index contributed by atoms with van der Waals surface area (Å²) in [5.74, 6) is 1.10. The zero-order chi connectivity index (χ0) is 14.5. The minimum absolute atomic E-state index is 0. The first kappa shape index (κ1) is 16.7. The van der Waals surface area contributed by atoms with Crippen LogP contribution < -0.4 is 11.1 Å². The molecule has 3 N–H and O–H groups in total. The number of benzene rings is 1. The highest BCUT2D eigenvalue weighted by atomic mass is 127. The van der Waals surface area contributed by atoms with Crippen molar-refractivity contribution in [3.8, 4) is 0 Å². The fourth-order valence-electron chi connectivity index (χ4n) is 2.50. The maximum atomic E-state index is 5.94. The highest BCUT2D eigenvalue weighted by Crippen LogP contribution is 2.40. The molecule has 5 heteroatoms. The summed E-state index contributed by atoms with van der Waals surface area (Å²) < 4.78 is 0. The van der Waals surface area contributed by atoms with Crippen LogP contribution in [0.15, 0.2) is 59.7 Å². The first-order chi connectivity index (χ1) is 10.3. The molecule has 1 aromatic heterocycles. The normalized spacial score (nSPS) is 20.1. The van der Waals surface area contributed by atoms with E-state index in [0.29, 0.717) is 24.5 Å². The molecular formula is C17H21IN4. The van der Waals surface area contributed by atoms with Gasteiger partial charge in [0.05, 0.1) is 0 Å². The first-order valence-electron chi connectivity index (χ1n) is 7.34. The number of hydrogen-bond donors (Lipinski definition) is 2. The van der Waals surface area contributed by atoms with Crippen LogP contribution in [0.4, 0.5) is 0 Å². The van der Waals surface area contributed by atoms with Gasteiger partial charge in [-0.05, 0) is 24.1 Å². The Morgan fingerprint density at radius 2 is 1.95 bits per heavy atom. The quantitative estimate of drug-likeness (QED) is 0.454. The highest BCUT2D eigenvalue weighted by Gasteiger charge is 2.38. The Morgan fingerprint density at radius 3 is 2.68 bits per heavy atom. The van der Waals surface area contributed by atoms with E-state index in [1.165, 1.54) is 5.56 Å². The van der Waals surface area contributed by atoms with Crippen molar-refractivity contribution in [1.29, 1.82) is 0 Å². The average Bonchev–Trinajstić information content (AvgIpc) is 3.28. The second-order valence-corrected chi connectivity index (χ2v) is 5.34. The average molecular weight is 408 g/mol. The maximum absolute atomic E-state index is 5.94. The van der Waals surface area contributed by atoms with Crippen molar-refractivity contribution in [2.75, 3.05) is 6.54 Å². The molecule has 2 unspecified atom stereocenters. The Labute approximate surface area is 148 Å². The highest BCUT2D eigenvalue weighted by molar-refractivity contribution is 14.0. The number of hydrogen-bond acceptors (Lipinski definition) is 2. The minimum Gasteiger partial charge on any atom is -0.370 e. The van der Waals surface area contributed by atoms with Gasteiger partial charge in [-0.2, -0.15) is 0 Å². The second-order valence-electron chi connectivity index (χ2n) is 5.34.